The molecule has 3 heteroatoms. The van der Waals surface area contributed by atoms with Gasteiger partial charge in [-0.05, 0) is 45.6 Å². The molecule has 0 fully saturated rings. The van der Waals surface area contributed by atoms with Crippen LogP contribution in [0.4, 0.5) is 0 Å². The summed E-state index contributed by atoms with van der Waals surface area (Å²) in [7, 11) is 0. The first-order chi connectivity index (χ1) is 9.58. The maximum atomic E-state index is 12.2. The van der Waals surface area contributed by atoms with Crippen molar-refractivity contribution in [3.05, 3.63) is 47.2 Å². The van der Waals surface area contributed by atoms with Crippen LogP contribution in [-0.2, 0) is 4.79 Å². The summed E-state index contributed by atoms with van der Waals surface area (Å²) in [6, 6.07) is 10.7. The van der Waals surface area contributed by atoms with E-state index in [2.05, 4.69) is 29.7 Å². The van der Waals surface area contributed by atoms with Gasteiger partial charge in [0.1, 0.15) is 0 Å². The molecule has 0 spiro atoms. The van der Waals surface area contributed by atoms with E-state index in [1.807, 2.05) is 32.0 Å². The van der Waals surface area contributed by atoms with E-state index in [0.717, 1.165) is 30.5 Å². The summed E-state index contributed by atoms with van der Waals surface area (Å²) in [6.07, 6.45) is 2.91. The predicted octanol–water partition coefficient (Wildman–Crippen LogP) is 3.30. The highest BCUT2D eigenvalue weighted by molar-refractivity contribution is 5.94. The third kappa shape index (κ3) is 3.62. The van der Waals surface area contributed by atoms with Crippen LogP contribution in [0.25, 0.3) is 0 Å². The molecule has 108 valence electrons. The van der Waals surface area contributed by atoms with E-state index >= 15 is 0 Å². The van der Waals surface area contributed by atoms with Crippen LogP contribution >= 0.6 is 0 Å². The van der Waals surface area contributed by atoms with Crippen molar-refractivity contribution in [2.45, 2.75) is 52.1 Å². The van der Waals surface area contributed by atoms with E-state index in [4.69, 9.17) is 0 Å². The number of hydrogen-bond donors (Lipinski definition) is 2. The molecule has 20 heavy (non-hydrogen) atoms. The zero-order valence-corrected chi connectivity index (χ0v) is 12.6. The molecular formula is C17H24N2O. The molecular weight excluding hydrogens is 248 g/mol. The van der Waals surface area contributed by atoms with Crippen molar-refractivity contribution in [1.29, 1.82) is 0 Å². The van der Waals surface area contributed by atoms with Crippen LogP contribution in [-0.4, -0.2) is 11.9 Å². The Morgan fingerprint density at radius 3 is 2.45 bits per heavy atom. The highest BCUT2D eigenvalue weighted by Gasteiger charge is 2.22. The van der Waals surface area contributed by atoms with Crippen LogP contribution in [0.2, 0.25) is 0 Å². The Kier molecular flexibility index (Phi) is 4.83. The van der Waals surface area contributed by atoms with Gasteiger partial charge in [0.25, 0.3) is 0 Å². The van der Waals surface area contributed by atoms with Gasteiger partial charge in [-0.15, -0.1) is 0 Å². The van der Waals surface area contributed by atoms with Crippen LogP contribution in [0, 0.1) is 0 Å². The molecule has 1 atom stereocenters. The summed E-state index contributed by atoms with van der Waals surface area (Å²) in [5, 5.41) is 6.51. The standard InChI is InChI=1S/C17H24N2O/c1-12(2)18-17(20)15-10-7-11-16(15)19-13(3)14-8-5-4-6-9-14/h4-6,8-9,12-13,19H,7,10-11H2,1-3H3,(H,18,20)/t13-/m1/s1. The number of hydrogen-bond acceptors (Lipinski definition) is 2. The Hall–Kier alpha value is -1.77. The van der Waals surface area contributed by atoms with Gasteiger partial charge in [-0.1, -0.05) is 30.3 Å². The van der Waals surface area contributed by atoms with Crippen molar-refractivity contribution in [2.24, 2.45) is 0 Å². The van der Waals surface area contributed by atoms with Crippen molar-refractivity contribution in [3.63, 3.8) is 0 Å². The molecule has 1 aromatic carbocycles. The largest absolute Gasteiger partial charge is 0.381 e. The van der Waals surface area contributed by atoms with Crippen LogP contribution in [0.3, 0.4) is 0 Å². The van der Waals surface area contributed by atoms with Gasteiger partial charge in [0.15, 0.2) is 0 Å². The lowest BCUT2D eigenvalue weighted by Gasteiger charge is -2.18. The molecule has 0 radical (unpaired) electrons. The fraction of sp³-hybridized carbons (Fsp3) is 0.471. The fourth-order valence-corrected chi connectivity index (χ4v) is 2.59. The monoisotopic (exact) mass is 272 g/mol. The molecule has 0 bridgehead atoms. The number of benzene rings is 1. The smallest absolute Gasteiger partial charge is 0.249 e. The average Bonchev–Trinajstić information content (AvgIpc) is 2.87. The second kappa shape index (κ2) is 6.60. The second-order valence-electron chi connectivity index (χ2n) is 5.72. The first-order valence-electron chi connectivity index (χ1n) is 7.42. The van der Waals surface area contributed by atoms with Gasteiger partial charge in [-0.2, -0.15) is 0 Å². The van der Waals surface area contributed by atoms with Gasteiger partial charge in [0.05, 0.1) is 0 Å². The zero-order chi connectivity index (χ0) is 14.5. The van der Waals surface area contributed by atoms with Gasteiger partial charge in [0.2, 0.25) is 5.91 Å². The molecule has 0 aliphatic heterocycles. The number of nitrogens with one attached hydrogen (secondary N) is 2. The fourth-order valence-electron chi connectivity index (χ4n) is 2.59. The van der Waals surface area contributed by atoms with Crippen LogP contribution in [0.15, 0.2) is 41.6 Å². The van der Waals surface area contributed by atoms with Gasteiger partial charge in [-0.25, -0.2) is 0 Å². The minimum absolute atomic E-state index is 0.0836. The molecule has 3 nitrogen and oxygen atoms in total. The Morgan fingerprint density at radius 1 is 1.10 bits per heavy atom. The third-order valence-electron chi connectivity index (χ3n) is 3.60. The molecule has 1 amide bonds. The average molecular weight is 272 g/mol. The van der Waals surface area contributed by atoms with E-state index in [1.54, 1.807) is 0 Å². The molecule has 0 aromatic heterocycles. The van der Waals surface area contributed by atoms with E-state index in [0.29, 0.717) is 0 Å². The van der Waals surface area contributed by atoms with Gasteiger partial charge in [-0.3, -0.25) is 4.79 Å². The van der Waals surface area contributed by atoms with Gasteiger partial charge in [0, 0.05) is 23.4 Å². The minimum atomic E-state index is 0.0836. The topological polar surface area (TPSA) is 41.1 Å². The van der Waals surface area contributed by atoms with Crippen LogP contribution in [0.1, 0.15) is 51.6 Å². The van der Waals surface area contributed by atoms with Crippen molar-refractivity contribution < 1.29 is 4.79 Å². The highest BCUT2D eigenvalue weighted by Crippen LogP contribution is 2.27. The SMILES string of the molecule is CC(C)NC(=O)C1=C(N[C@H](C)c2ccccc2)CCC1. The van der Waals surface area contributed by atoms with E-state index in [1.165, 1.54) is 5.56 Å². The summed E-state index contributed by atoms with van der Waals surface area (Å²) in [5.41, 5.74) is 3.29. The Balaban J connectivity index is 2.08. The first kappa shape index (κ1) is 14.6. The number of allylic oxidation sites excluding steroid dienone is 1. The molecule has 0 unspecified atom stereocenters. The molecule has 0 saturated carbocycles. The number of carbonyl (C=O) groups excluding carboxylic acids is 1. The predicted molar refractivity (Wildman–Crippen MR) is 82.1 cm³/mol. The van der Waals surface area contributed by atoms with E-state index in [9.17, 15) is 4.79 Å². The third-order valence-corrected chi connectivity index (χ3v) is 3.60. The minimum Gasteiger partial charge on any atom is -0.381 e. The Bertz CT molecular complexity index is 491. The zero-order valence-electron chi connectivity index (χ0n) is 12.6. The molecule has 1 aliphatic carbocycles. The molecule has 1 aromatic rings. The number of amides is 1. The van der Waals surface area contributed by atoms with Gasteiger partial charge < -0.3 is 10.6 Å². The van der Waals surface area contributed by atoms with Crippen molar-refractivity contribution in [3.8, 4) is 0 Å². The van der Waals surface area contributed by atoms with E-state index < -0.39 is 0 Å². The lowest BCUT2D eigenvalue weighted by Crippen LogP contribution is -2.32. The molecule has 1 aliphatic rings. The lowest BCUT2D eigenvalue weighted by atomic mass is 10.1. The second-order valence-corrected chi connectivity index (χ2v) is 5.72. The molecule has 0 heterocycles. The maximum absolute atomic E-state index is 12.2. The van der Waals surface area contributed by atoms with Crippen LogP contribution in [0.5, 0.6) is 0 Å². The summed E-state index contributed by atoms with van der Waals surface area (Å²) < 4.78 is 0. The highest BCUT2D eigenvalue weighted by atomic mass is 16.1. The number of carbonyl (C=O) groups is 1. The maximum Gasteiger partial charge on any atom is 0.249 e. The quantitative estimate of drug-likeness (QED) is 0.863. The van der Waals surface area contributed by atoms with Crippen molar-refractivity contribution in [1.82, 2.24) is 10.6 Å². The lowest BCUT2D eigenvalue weighted by molar-refractivity contribution is -0.118. The molecule has 0 saturated heterocycles. The van der Waals surface area contributed by atoms with Gasteiger partial charge >= 0.3 is 0 Å². The Labute approximate surface area is 121 Å². The molecule has 2 rings (SSSR count). The van der Waals surface area contributed by atoms with Crippen molar-refractivity contribution in [2.75, 3.05) is 0 Å². The van der Waals surface area contributed by atoms with Crippen molar-refractivity contribution >= 4 is 5.91 Å². The Morgan fingerprint density at radius 2 is 1.80 bits per heavy atom. The summed E-state index contributed by atoms with van der Waals surface area (Å²) in [6.45, 7) is 6.12. The summed E-state index contributed by atoms with van der Waals surface area (Å²) >= 11 is 0. The van der Waals surface area contributed by atoms with Crippen LogP contribution < -0.4 is 10.6 Å². The summed E-state index contributed by atoms with van der Waals surface area (Å²) in [5.74, 6) is 0.0836. The summed E-state index contributed by atoms with van der Waals surface area (Å²) in [4.78, 5) is 12.2. The normalized spacial score (nSPS) is 16.4. The van der Waals surface area contributed by atoms with E-state index in [-0.39, 0.29) is 18.0 Å². The number of rotatable bonds is 5. The molecule has 2 N–H and O–H groups in total. The first-order valence-corrected chi connectivity index (χ1v) is 7.42.